The number of aromatic amines is 1. The smallest absolute Gasteiger partial charge is 0.254 e. The maximum Gasteiger partial charge on any atom is 0.254 e. The molecule has 1 saturated heterocycles. The summed E-state index contributed by atoms with van der Waals surface area (Å²) in [6.45, 7) is 3.01. The summed E-state index contributed by atoms with van der Waals surface area (Å²) in [4.78, 5) is 15.8. The third kappa shape index (κ3) is 3.26. The fraction of sp³-hybridized carbons (Fsp3) is 0.429. The van der Waals surface area contributed by atoms with Crippen LogP contribution in [0.5, 0.6) is 0 Å². The number of nitrogens with zero attached hydrogens (tertiary/aromatic N) is 2. The van der Waals surface area contributed by atoms with Crippen LogP contribution in [0.3, 0.4) is 0 Å². The minimum Gasteiger partial charge on any atom is -0.348 e. The molecule has 1 aliphatic heterocycles. The molecule has 0 bridgehead atoms. The van der Waals surface area contributed by atoms with Crippen molar-refractivity contribution in [3.63, 3.8) is 0 Å². The molecule has 106 valence electrons. The van der Waals surface area contributed by atoms with Crippen molar-refractivity contribution in [3.8, 4) is 0 Å². The molecule has 3 heterocycles. The van der Waals surface area contributed by atoms with Crippen molar-refractivity contribution in [2.24, 2.45) is 0 Å². The van der Waals surface area contributed by atoms with Crippen LogP contribution in [-0.2, 0) is 6.54 Å². The summed E-state index contributed by atoms with van der Waals surface area (Å²) < 4.78 is 0. The van der Waals surface area contributed by atoms with E-state index in [1.165, 1.54) is 4.88 Å². The first-order valence-electron chi connectivity index (χ1n) is 6.85. The number of likely N-dealkylation sites (tertiary alicyclic amines) is 1. The highest BCUT2D eigenvalue weighted by Crippen LogP contribution is 2.17. The van der Waals surface area contributed by atoms with E-state index in [0.29, 0.717) is 5.56 Å². The average molecular weight is 290 g/mol. The van der Waals surface area contributed by atoms with Gasteiger partial charge in [-0.05, 0) is 30.8 Å². The van der Waals surface area contributed by atoms with Gasteiger partial charge in [-0.2, -0.15) is 5.10 Å². The van der Waals surface area contributed by atoms with E-state index in [1.54, 1.807) is 23.7 Å². The third-order valence-electron chi connectivity index (χ3n) is 3.56. The molecule has 0 unspecified atom stereocenters. The molecule has 20 heavy (non-hydrogen) atoms. The summed E-state index contributed by atoms with van der Waals surface area (Å²) in [6, 6.07) is 4.48. The van der Waals surface area contributed by atoms with Gasteiger partial charge in [-0.1, -0.05) is 6.07 Å². The highest BCUT2D eigenvalue weighted by Gasteiger charge is 2.22. The van der Waals surface area contributed by atoms with Crippen LogP contribution >= 0.6 is 11.3 Å². The zero-order chi connectivity index (χ0) is 13.8. The molecular formula is C14H18N4OS. The van der Waals surface area contributed by atoms with Gasteiger partial charge in [0.15, 0.2) is 0 Å². The maximum atomic E-state index is 12.0. The number of piperidine rings is 1. The first-order valence-corrected chi connectivity index (χ1v) is 7.73. The van der Waals surface area contributed by atoms with E-state index in [4.69, 9.17) is 0 Å². The summed E-state index contributed by atoms with van der Waals surface area (Å²) in [6.07, 6.45) is 5.36. The van der Waals surface area contributed by atoms with Crippen LogP contribution < -0.4 is 5.32 Å². The second-order valence-electron chi connectivity index (χ2n) is 5.11. The second-order valence-corrected chi connectivity index (χ2v) is 6.15. The predicted molar refractivity (Wildman–Crippen MR) is 78.7 cm³/mol. The standard InChI is InChI=1S/C14H18N4OS/c19-14(11-7-15-16-8-11)17-12-3-1-5-18(9-12)10-13-4-2-6-20-13/h2,4,6-8,12H,1,3,5,9-10H2,(H,15,16)(H,17,19)/t12-/m1/s1. The Morgan fingerprint density at radius 2 is 2.55 bits per heavy atom. The number of amides is 1. The molecule has 0 aliphatic carbocycles. The summed E-state index contributed by atoms with van der Waals surface area (Å²) in [5.74, 6) is -0.0401. The van der Waals surface area contributed by atoms with E-state index in [9.17, 15) is 4.79 Å². The Bertz CT molecular complexity index is 538. The number of thiophene rings is 1. The molecule has 2 aromatic heterocycles. The van der Waals surface area contributed by atoms with E-state index in [0.717, 1.165) is 32.5 Å². The van der Waals surface area contributed by atoms with Gasteiger partial charge in [-0.3, -0.25) is 14.8 Å². The number of rotatable bonds is 4. The normalized spacial score (nSPS) is 19.9. The van der Waals surface area contributed by atoms with Crippen LogP contribution in [-0.4, -0.2) is 40.1 Å². The van der Waals surface area contributed by atoms with Gasteiger partial charge in [-0.15, -0.1) is 11.3 Å². The number of carbonyl (C=O) groups is 1. The number of hydrogen-bond donors (Lipinski definition) is 2. The molecule has 0 aromatic carbocycles. The number of nitrogens with one attached hydrogen (secondary N) is 2. The second kappa shape index (κ2) is 6.19. The van der Waals surface area contributed by atoms with Crippen LogP contribution in [0.2, 0.25) is 0 Å². The van der Waals surface area contributed by atoms with E-state index >= 15 is 0 Å². The van der Waals surface area contributed by atoms with Crippen LogP contribution in [0.15, 0.2) is 29.9 Å². The Morgan fingerprint density at radius 3 is 3.30 bits per heavy atom. The van der Waals surface area contributed by atoms with Crippen molar-refractivity contribution in [2.45, 2.75) is 25.4 Å². The van der Waals surface area contributed by atoms with E-state index in [1.807, 2.05) is 0 Å². The lowest BCUT2D eigenvalue weighted by Gasteiger charge is -2.32. The SMILES string of the molecule is O=C(N[C@@H]1CCCN(Cc2cccs2)C1)c1cn[nH]c1. The predicted octanol–water partition coefficient (Wildman–Crippen LogP) is 1.87. The topological polar surface area (TPSA) is 61.0 Å². The lowest BCUT2D eigenvalue weighted by Crippen LogP contribution is -2.47. The fourth-order valence-corrected chi connectivity index (χ4v) is 3.33. The van der Waals surface area contributed by atoms with Gasteiger partial charge in [0.2, 0.25) is 0 Å². The Labute approximate surface area is 122 Å². The Morgan fingerprint density at radius 1 is 1.60 bits per heavy atom. The zero-order valence-corrected chi connectivity index (χ0v) is 12.0. The Hall–Kier alpha value is -1.66. The third-order valence-corrected chi connectivity index (χ3v) is 4.42. The molecule has 2 aromatic rings. The minimum absolute atomic E-state index is 0.0401. The lowest BCUT2D eigenvalue weighted by molar-refractivity contribution is 0.0901. The van der Waals surface area contributed by atoms with Gasteiger partial charge in [0.25, 0.3) is 5.91 Å². The van der Waals surface area contributed by atoms with Gasteiger partial charge < -0.3 is 5.32 Å². The molecular weight excluding hydrogens is 272 g/mol. The molecule has 5 nitrogen and oxygen atoms in total. The van der Waals surface area contributed by atoms with Crippen LogP contribution in [0.1, 0.15) is 28.1 Å². The van der Waals surface area contributed by atoms with Gasteiger partial charge in [0, 0.05) is 30.2 Å². The van der Waals surface area contributed by atoms with Crippen LogP contribution in [0, 0.1) is 0 Å². The van der Waals surface area contributed by atoms with Crippen molar-refractivity contribution < 1.29 is 4.79 Å². The lowest BCUT2D eigenvalue weighted by atomic mass is 10.1. The van der Waals surface area contributed by atoms with Crippen molar-refractivity contribution >= 4 is 17.2 Å². The van der Waals surface area contributed by atoms with Crippen molar-refractivity contribution in [2.75, 3.05) is 13.1 Å². The molecule has 0 saturated carbocycles. The minimum atomic E-state index is -0.0401. The molecule has 2 N–H and O–H groups in total. The molecule has 6 heteroatoms. The number of hydrogen-bond acceptors (Lipinski definition) is 4. The monoisotopic (exact) mass is 290 g/mol. The summed E-state index contributed by atoms with van der Waals surface area (Å²) in [7, 11) is 0. The number of H-pyrrole nitrogens is 1. The summed E-state index contributed by atoms with van der Waals surface area (Å²) >= 11 is 1.79. The largest absolute Gasteiger partial charge is 0.348 e. The first kappa shape index (κ1) is 13.3. The molecule has 1 amide bonds. The van der Waals surface area contributed by atoms with E-state index in [2.05, 4.69) is 37.9 Å². The summed E-state index contributed by atoms with van der Waals surface area (Å²) in [5, 5.41) is 11.7. The zero-order valence-electron chi connectivity index (χ0n) is 11.2. The van der Waals surface area contributed by atoms with Gasteiger partial charge in [0.05, 0.1) is 11.8 Å². The van der Waals surface area contributed by atoms with E-state index in [-0.39, 0.29) is 11.9 Å². The summed E-state index contributed by atoms with van der Waals surface area (Å²) in [5.41, 5.74) is 0.598. The van der Waals surface area contributed by atoms with Gasteiger partial charge >= 0.3 is 0 Å². The van der Waals surface area contributed by atoms with Crippen molar-refractivity contribution in [1.29, 1.82) is 0 Å². The van der Waals surface area contributed by atoms with Gasteiger partial charge in [0.1, 0.15) is 0 Å². The van der Waals surface area contributed by atoms with Crippen molar-refractivity contribution in [3.05, 3.63) is 40.3 Å². The van der Waals surface area contributed by atoms with Crippen molar-refractivity contribution in [1.82, 2.24) is 20.4 Å². The highest BCUT2D eigenvalue weighted by atomic mass is 32.1. The van der Waals surface area contributed by atoms with E-state index < -0.39 is 0 Å². The number of carbonyl (C=O) groups excluding carboxylic acids is 1. The Balaban J connectivity index is 1.54. The van der Waals surface area contributed by atoms with Crippen LogP contribution in [0.4, 0.5) is 0 Å². The maximum absolute atomic E-state index is 12.0. The molecule has 0 spiro atoms. The first-order chi connectivity index (χ1) is 9.81. The fourth-order valence-electron chi connectivity index (χ4n) is 2.58. The van der Waals surface area contributed by atoms with Gasteiger partial charge in [-0.25, -0.2) is 0 Å². The molecule has 0 radical (unpaired) electrons. The number of aromatic nitrogens is 2. The average Bonchev–Trinajstić information content (AvgIpc) is 3.12. The molecule has 3 rings (SSSR count). The molecule has 1 aliphatic rings. The Kier molecular flexibility index (Phi) is 4.13. The quantitative estimate of drug-likeness (QED) is 0.903. The van der Waals surface area contributed by atoms with Crippen LogP contribution in [0.25, 0.3) is 0 Å². The molecule has 1 fully saturated rings. The highest BCUT2D eigenvalue weighted by molar-refractivity contribution is 7.09. The molecule has 1 atom stereocenters.